The minimum Gasteiger partial charge on any atom is -0.493 e. The Morgan fingerprint density at radius 3 is 2.38 bits per heavy atom. The topological polar surface area (TPSA) is 107 Å². The summed E-state index contributed by atoms with van der Waals surface area (Å²) < 4.78 is 21.6. The van der Waals surface area contributed by atoms with Crippen molar-refractivity contribution in [3.8, 4) is 29.1 Å². The van der Waals surface area contributed by atoms with E-state index in [1.807, 2.05) is 26.0 Å². The lowest BCUT2D eigenvalue weighted by atomic mass is 10.1. The molecule has 32 heavy (non-hydrogen) atoms. The summed E-state index contributed by atoms with van der Waals surface area (Å²) >= 11 is 0. The van der Waals surface area contributed by atoms with Gasteiger partial charge in [-0.25, -0.2) is 4.79 Å². The fraction of sp³-hybridized carbons (Fsp3) is 0.292. The minimum absolute atomic E-state index is 0.0355. The van der Waals surface area contributed by atoms with E-state index in [0.29, 0.717) is 30.2 Å². The van der Waals surface area contributed by atoms with Crippen molar-refractivity contribution in [1.29, 1.82) is 5.26 Å². The van der Waals surface area contributed by atoms with Crippen LogP contribution in [0.1, 0.15) is 25.8 Å². The van der Waals surface area contributed by atoms with E-state index in [1.165, 1.54) is 19.3 Å². The molecule has 0 aliphatic heterocycles. The van der Waals surface area contributed by atoms with Crippen LogP contribution in [0.15, 0.2) is 48.0 Å². The largest absolute Gasteiger partial charge is 0.493 e. The Morgan fingerprint density at radius 2 is 1.75 bits per heavy atom. The van der Waals surface area contributed by atoms with Crippen LogP contribution in [0.25, 0.3) is 6.08 Å². The van der Waals surface area contributed by atoms with Crippen molar-refractivity contribution >= 4 is 18.0 Å². The molecule has 8 nitrogen and oxygen atoms in total. The highest BCUT2D eigenvalue weighted by atomic mass is 16.6. The van der Waals surface area contributed by atoms with Crippen LogP contribution in [0.2, 0.25) is 0 Å². The van der Waals surface area contributed by atoms with Crippen molar-refractivity contribution in [3.63, 3.8) is 0 Å². The normalized spacial score (nSPS) is 10.6. The molecule has 0 unspecified atom stereocenters. The van der Waals surface area contributed by atoms with Crippen LogP contribution >= 0.6 is 0 Å². The predicted molar refractivity (Wildman–Crippen MR) is 119 cm³/mol. The van der Waals surface area contributed by atoms with Gasteiger partial charge in [0.05, 0.1) is 13.7 Å². The summed E-state index contributed by atoms with van der Waals surface area (Å²) in [5.41, 5.74) is 0.512. The molecule has 0 atom stereocenters. The summed E-state index contributed by atoms with van der Waals surface area (Å²) in [5, 5.41) is 11.9. The summed E-state index contributed by atoms with van der Waals surface area (Å²) in [4.78, 5) is 24.3. The van der Waals surface area contributed by atoms with E-state index >= 15 is 0 Å². The number of nitriles is 1. The number of carbonyl (C=O) groups excluding carboxylic acids is 2. The van der Waals surface area contributed by atoms with Gasteiger partial charge in [0, 0.05) is 6.54 Å². The minimum atomic E-state index is -0.630. The third kappa shape index (κ3) is 7.06. The Morgan fingerprint density at radius 1 is 1.03 bits per heavy atom. The van der Waals surface area contributed by atoms with E-state index in [0.717, 1.165) is 6.42 Å². The van der Waals surface area contributed by atoms with Crippen LogP contribution in [0.5, 0.6) is 23.0 Å². The Kier molecular flexibility index (Phi) is 9.60. The van der Waals surface area contributed by atoms with E-state index in [-0.39, 0.29) is 23.7 Å². The molecule has 2 aromatic carbocycles. The lowest BCUT2D eigenvalue weighted by Gasteiger charge is -2.12. The van der Waals surface area contributed by atoms with Gasteiger partial charge in [0.1, 0.15) is 11.6 Å². The van der Waals surface area contributed by atoms with Gasteiger partial charge in [-0.1, -0.05) is 25.1 Å². The van der Waals surface area contributed by atoms with Gasteiger partial charge in [-0.15, -0.1) is 0 Å². The molecule has 2 rings (SSSR count). The van der Waals surface area contributed by atoms with Crippen LogP contribution in [-0.2, 0) is 9.59 Å². The number of nitrogens with one attached hydrogen (secondary N) is 1. The maximum Gasteiger partial charge on any atom is 0.349 e. The lowest BCUT2D eigenvalue weighted by Crippen LogP contribution is -2.25. The second-order valence-corrected chi connectivity index (χ2v) is 6.48. The highest BCUT2D eigenvalue weighted by molar-refractivity contribution is 6.01. The third-order valence-corrected chi connectivity index (χ3v) is 4.12. The smallest absolute Gasteiger partial charge is 0.349 e. The number of para-hydroxylation sites is 2. The summed E-state index contributed by atoms with van der Waals surface area (Å²) in [7, 11) is 1.42. The van der Waals surface area contributed by atoms with Crippen LogP contribution < -0.4 is 24.3 Å². The number of hydrogen-bond acceptors (Lipinski definition) is 7. The second kappa shape index (κ2) is 12.6. The molecule has 0 saturated heterocycles. The molecule has 0 fully saturated rings. The number of esters is 1. The van der Waals surface area contributed by atoms with E-state index < -0.39 is 11.9 Å². The van der Waals surface area contributed by atoms with Crippen molar-refractivity contribution in [2.75, 3.05) is 26.9 Å². The molecule has 0 aliphatic carbocycles. The first-order chi connectivity index (χ1) is 15.5. The Hall–Kier alpha value is -3.99. The average Bonchev–Trinajstić information content (AvgIpc) is 2.81. The van der Waals surface area contributed by atoms with E-state index in [9.17, 15) is 14.9 Å². The van der Waals surface area contributed by atoms with Crippen LogP contribution in [-0.4, -0.2) is 38.7 Å². The SMILES string of the molecule is CCCNC(=O)/C(C#N)=C/c1ccc(OC(=O)COc2ccccc2OCC)c(OC)c1. The number of ether oxygens (including phenoxy) is 4. The van der Waals surface area contributed by atoms with Crippen molar-refractivity contribution in [3.05, 3.63) is 53.6 Å². The van der Waals surface area contributed by atoms with Gasteiger partial charge in [0.15, 0.2) is 29.6 Å². The quantitative estimate of drug-likeness (QED) is 0.248. The molecular formula is C24H26N2O6. The van der Waals surface area contributed by atoms with Crippen LogP contribution in [0, 0.1) is 11.3 Å². The Bertz CT molecular complexity index is 1010. The summed E-state index contributed by atoms with van der Waals surface area (Å²) in [6.07, 6.45) is 2.20. The van der Waals surface area contributed by atoms with E-state index in [2.05, 4.69) is 5.32 Å². The van der Waals surface area contributed by atoms with Crippen molar-refractivity contribution in [1.82, 2.24) is 5.32 Å². The fourth-order valence-corrected chi connectivity index (χ4v) is 2.64. The molecular weight excluding hydrogens is 412 g/mol. The van der Waals surface area contributed by atoms with E-state index in [1.54, 1.807) is 30.3 Å². The number of amides is 1. The van der Waals surface area contributed by atoms with Gasteiger partial charge >= 0.3 is 5.97 Å². The Labute approximate surface area is 187 Å². The molecule has 2 aromatic rings. The fourth-order valence-electron chi connectivity index (χ4n) is 2.64. The molecule has 0 heterocycles. The predicted octanol–water partition coefficient (Wildman–Crippen LogP) is 3.51. The van der Waals surface area contributed by atoms with Gasteiger partial charge in [-0.2, -0.15) is 5.26 Å². The standard InChI is InChI=1S/C24H26N2O6/c1-4-12-26-24(28)18(15-25)13-17-10-11-21(22(14-17)29-3)32-23(27)16-31-20-9-7-6-8-19(20)30-5-2/h6-11,13-14H,4-5,12,16H2,1-3H3,(H,26,28)/b18-13+. The van der Waals surface area contributed by atoms with Gasteiger partial charge in [0.2, 0.25) is 0 Å². The van der Waals surface area contributed by atoms with Gasteiger partial charge in [0.25, 0.3) is 5.91 Å². The number of nitrogens with zero attached hydrogens (tertiary/aromatic N) is 1. The summed E-state index contributed by atoms with van der Waals surface area (Å²) in [6.45, 7) is 4.39. The first-order valence-corrected chi connectivity index (χ1v) is 10.2. The molecule has 0 aromatic heterocycles. The second-order valence-electron chi connectivity index (χ2n) is 6.48. The number of benzene rings is 2. The molecule has 0 saturated carbocycles. The molecule has 1 amide bonds. The zero-order chi connectivity index (χ0) is 23.3. The zero-order valence-corrected chi connectivity index (χ0v) is 18.3. The molecule has 0 spiro atoms. The van der Waals surface area contributed by atoms with Crippen molar-refractivity contribution in [2.24, 2.45) is 0 Å². The Balaban J connectivity index is 2.08. The van der Waals surface area contributed by atoms with E-state index in [4.69, 9.17) is 18.9 Å². The first-order valence-electron chi connectivity index (χ1n) is 10.2. The number of methoxy groups -OCH3 is 1. The zero-order valence-electron chi connectivity index (χ0n) is 18.3. The van der Waals surface area contributed by atoms with Crippen LogP contribution in [0.4, 0.5) is 0 Å². The third-order valence-electron chi connectivity index (χ3n) is 4.12. The number of hydrogen-bond donors (Lipinski definition) is 1. The summed E-state index contributed by atoms with van der Waals surface area (Å²) in [5.74, 6) is 0.345. The molecule has 0 aliphatic rings. The summed E-state index contributed by atoms with van der Waals surface area (Å²) in [6, 6.07) is 13.6. The average molecular weight is 438 g/mol. The van der Waals surface area contributed by atoms with Crippen molar-refractivity contribution in [2.45, 2.75) is 20.3 Å². The lowest BCUT2D eigenvalue weighted by molar-refractivity contribution is -0.136. The maximum atomic E-state index is 12.3. The molecule has 1 N–H and O–H groups in total. The highest BCUT2D eigenvalue weighted by Crippen LogP contribution is 2.30. The highest BCUT2D eigenvalue weighted by Gasteiger charge is 2.14. The molecule has 8 heteroatoms. The first kappa shape index (κ1) is 24.3. The van der Waals surface area contributed by atoms with Gasteiger partial charge in [-0.05, 0) is 49.2 Å². The molecule has 0 radical (unpaired) electrons. The maximum absolute atomic E-state index is 12.3. The van der Waals surface area contributed by atoms with Crippen molar-refractivity contribution < 1.29 is 28.5 Å². The van der Waals surface area contributed by atoms with Gasteiger partial charge in [-0.3, -0.25) is 4.79 Å². The monoisotopic (exact) mass is 438 g/mol. The van der Waals surface area contributed by atoms with Crippen LogP contribution in [0.3, 0.4) is 0 Å². The number of rotatable bonds is 11. The van der Waals surface area contributed by atoms with Gasteiger partial charge < -0.3 is 24.3 Å². The molecule has 168 valence electrons. The molecule has 0 bridgehead atoms. The number of carbonyl (C=O) groups is 2.